The zero-order valence-corrected chi connectivity index (χ0v) is 13.6. The molecule has 3 nitrogen and oxygen atoms in total. The monoisotopic (exact) mass is 290 g/mol. The standard InChI is InChI=1S/C18H26O3/c1-17(2,3)13-18(4,5)14-8-10-15(11-9-14)21-12-6-7-16(19)20/h6-11H,12-13H2,1-5H3,(H,19,20)/b7-6+. The number of carboxylic acid groups (broad SMARTS) is 1. The van der Waals surface area contributed by atoms with Crippen molar-refractivity contribution in [1.82, 2.24) is 0 Å². The Balaban J connectivity index is 2.67. The van der Waals surface area contributed by atoms with Crippen molar-refractivity contribution in [2.24, 2.45) is 5.41 Å². The molecule has 1 aromatic carbocycles. The molecule has 21 heavy (non-hydrogen) atoms. The molecule has 0 atom stereocenters. The first-order valence-electron chi connectivity index (χ1n) is 7.23. The SMILES string of the molecule is CC(C)(C)CC(C)(C)c1ccc(OC/C=C/C(=O)O)cc1. The summed E-state index contributed by atoms with van der Waals surface area (Å²) in [5.41, 5.74) is 1.67. The summed E-state index contributed by atoms with van der Waals surface area (Å²) in [6.45, 7) is 11.5. The van der Waals surface area contributed by atoms with Crippen molar-refractivity contribution in [2.75, 3.05) is 6.61 Å². The van der Waals surface area contributed by atoms with Gasteiger partial charge in [-0.15, -0.1) is 0 Å². The van der Waals surface area contributed by atoms with Crippen molar-refractivity contribution in [3.8, 4) is 5.75 Å². The van der Waals surface area contributed by atoms with E-state index >= 15 is 0 Å². The van der Waals surface area contributed by atoms with Crippen LogP contribution in [-0.2, 0) is 10.2 Å². The number of aliphatic carboxylic acids is 1. The quantitative estimate of drug-likeness (QED) is 0.789. The van der Waals surface area contributed by atoms with Gasteiger partial charge in [0.1, 0.15) is 12.4 Å². The van der Waals surface area contributed by atoms with Gasteiger partial charge in [0.05, 0.1) is 0 Å². The number of benzene rings is 1. The molecule has 0 fully saturated rings. The predicted molar refractivity (Wildman–Crippen MR) is 85.8 cm³/mol. The lowest BCUT2D eigenvalue weighted by Crippen LogP contribution is -2.24. The zero-order chi connectivity index (χ0) is 16.1. The Morgan fingerprint density at radius 1 is 1.14 bits per heavy atom. The minimum atomic E-state index is -0.960. The minimum absolute atomic E-state index is 0.111. The van der Waals surface area contributed by atoms with Crippen molar-refractivity contribution in [3.05, 3.63) is 42.0 Å². The summed E-state index contributed by atoms with van der Waals surface area (Å²) in [4.78, 5) is 10.3. The van der Waals surface area contributed by atoms with Crippen LogP contribution in [0.1, 0.15) is 46.6 Å². The van der Waals surface area contributed by atoms with E-state index in [0.717, 1.165) is 18.2 Å². The maximum Gasteiger partial charge on any atom is 0.328 e. The van der Waals surface area contributed by atoms with Gasteiger partial charge < -0.3 is 9.84 Å². The van der Waals surface area contributed by atoms with E-state index in [1.807, 2.05) is 12.1 Å². The molecule has 0 saturated heterocycles. The normalized spacial score (nSPS) is 12.6. The third-order valence-corrected chi connectivity index (χ3v) is 3.21. The highest BCUT2D eigenvalue weighted by atomic mass is 16.5. The maximum absolute atomic E-state index is 10.3. The Bertz CT molecular complexity index is 490. The second kappa shape index (κ2) is 6.79. The second-order valence-corrected chi connectivity index (χ2v) is 7.20. The highest BCUT2D eigenvalue weighted by Gasteiger charge is 2.27. The van der Waals surface area contributed by atoms with Gasteiger partial charge in [-0.1, -0.05) is 46.8 Å². The van der Waals surface area contributed by atoms with Crippen molar-refractivity contribution in [1.29, 1.82) is 0 Å². The fourth-order valence-corrected chi connectivity index (χ4v) is 2.72. The fraction of sp³-hybridized carbons (Fsp3) is 0.500. The number of carbonyl (C=O) groups is 1. The molecule has 0 amide bonds. The average Bonchev–Trinajstić information content (AvgIpc) is 2.32. The van der Waals surface area contributed by atoms with Gasteiger partial charge in [-0.2, -0.15) is 0 Å². The molecular weight excluding hydrogens is 264 g/mol. The van der Waals surface area contributed by atoms with Crippen LogP contribution in [0.3, 0.4) is 0 Å². The zero-order valence-electron chi connectivity index (χ0n) is 13.6. The molecule has 0 bridgehead atoms. The Morgan fingerprint density at radius 3 is 2.19 bits per heavy atom. The van der Waals surface area contributed by atoms with Gasteiger partial charge in [0.15, 0.2) is 0 Å². The molecule has 0 radical (unpaired) electrons. The van der Waals surface area contributed by atoms with E-state index in [1.165, 1.54) is 11.6 Å². The van der Waals surface area contributed by atoms with E-state index in [1.54, 1.807) is 0 Å². The van der Waals surface area contributed by atoms with Crippen LogP contribution in [0.4, 0.5) is 0 Å². The topological polar surface area (TPSA) is 46.5 Å². The Morgan fingerprint density at radius 2 is 1.71 bits per heavy atom. The molecule has 1 aromatic rings. The molecule has 0 spiro atoms. The van der Waals surface area contributed by atoms with Crippen LogP contribution in [-0.4, -0.2) is 17.7 Å². The van der Waals surface area contributed by atoms with Crippen LogP contribution < -0.4 is 4.74 Å². The molecule has 3 heteroatoms. The summed E-state index contributed by atoms with van der Waals surface area (Å²) in [5, 5.41) is 8.49. The first-order valence-corrected chi connectivity index (χ1v) is 7.23. The smallest absolute Gasteiger partial charge is 0.328 e. The molecule has 0 aromatic heterocycles. The van der Waals surface area contributed by atoms with Gasteiger partial charge in [-0.05, 0) is 41.0 Å². The van der Waals surface area contributed by atoms with Crippen LogP contribution in [0.2, 0.25) is 0 Å². The fourth-order valence-electron chi connectivity index (χ4n) is 2.72. The number of rotatable bonds is 6. The summed E-state index contributed by atoms with van der Waals surface area (Å²) >= 11 is 0. The van der Waals surface area contributed by atoms with Crippen LogP contribution in [0, 0.1) is 5.41 Å². The van der Waals surface area contributed by atoms with Gasteiger partial charge in [0, 0.05) is 6.08 Å². The molecule has 0 heterocycles. The Labute approximate surface area is 127 Å². The lowest BCUT2D eigenvalue weighted by molar-refractivity contribution is -0.131. The number of ether oxygens (including phenoxy) is 1. The van der Waals surface area contributed by atoms with Crippen LogP contribution in [0.5, 0.6) is 5.75 Å². The number of hydrogen-bond acceptors (Lipinski definition) is 2. The van der Waals surface area contributed by atoms with Crippen molar-refractivity contribution < 1.29 is 14.6 Å². The maximum atomic E-state index is 10.3. The van der Waals surface area contributed by atoms with E-state index < -0.39 is 5.97 Å². The number of hydrogen-bond donors (Lipinski definition) is 1. The highest BCUT2D eigenvalue weighted by molar-refractivity contribution is 5.79. The lowest BCUT2D eigenvalue weighted by Gasteiger charge is -2.33. The summed E-state index contributed by atoms with van der Waals surface area (Å²) in [5.74, 6) is -0.210. The van der Waals surface area contributed by atoms with E-state index in [4.69, 9.17) is 9.84 Å². The van der Waals surface area contributed by atoms with Gasteiger partial charge >= 0.3 is 5.97 Å². The van der Waals surface area contributed by atoms with Crippen molar-refractivity contribution in [3.63, 3.8) is 0 Å². The van der Waals surface area contributed by atoms with E-state index in [0.29, 0.717) is 0 Å². The third-order valence-electron chi connectivity index (χ3n) is 3.21. The summed E-state index contributed by atoms with van der Waals surface area (Å²) in [6, 6.07) is 8.05. The first kappa shape index (κ1) is 17.3. The Kier molecular flexibility index (Phi) is 5.59. The largest absolute Gasteiger partial charge is 0.490 e. The van der Waals surface area contributed by atoms with E-state index in [-0.39, 0.29) is 17.4 Å². The van der Waals surface area contributed by atoms with Crippen molar-refractivity contribution in [2.45, 2.75) is 46.5 Å². The Hall–Kier alpha value is -1.77. The summed E-state index contributed by atoms with van der Waals surface area (Å²) < 4.78 is 5.47. The molecule has 1 N–H and O–H groups in total. The van der Waals surface area contributed by atoms with Gasteiger partial charge in [-0.25, -0.2) is 4.79 Å². The molecule has 0 aliphatic rings. The highest BCUT2D eigenvalue weighted by Crippen LogP contribution is 2.36. The van der Waals surface area contributed by atoms with Crippen LogP contribution >= 0.6 is 0 Å². The molecular formula is C18H26O3. The molecule has 1 rings (SSSR count). The molecule has 0 aliphatic carbocycles. The van der Waals surface area contributed by atoms with E-state index in [2.05, 4.69) is 46.8 Å². The summed E-state index contributed by atoms with van der Waals surface area (Å²) in [7, 11) is 0. The van der Waals surface area contributed by atoms with Crippen LogP contribution in [0.25, 0.3) is 0 Å². The van der Waals surface area contributed by atoms with Gasteiger partial charge in [-0.3, -0.25) is 0 Å². The molecule has 116 valence electrons. The van der Waals surface area contributed by atoms with E-state index in [9.17, 15) is 4.79 Å². The minimum Gasteiger partial charge on any atom is -0.490 e. The van der Waals surface area contributed by atoms with Crippen LogP contribution in [0.15, 0.2) is 36.4 Å². The number of carboxylic acids is 1. The van der Waals surface area contributed by atoms with Gasteiger partial charge in [0.2, 0.25) is 0 Å². The second-order valence-electron chi connectivity index (χ2n) is 7.20. The van der Waals surface area contributed by atoms with Crippen molar-refractivity contribution >= 4 is 5.97 Å². The first-order chi connectivity index (χ1) is 9.60. The third kappa shape index (κ3) is 6.48. The lowest BCUT2D eigenvalue weighted by atomic mass is 9.72. The summed E-state index contributed by atoms with van der Waals surface area (Å²) in [6.07, 6.45) is 3.67. The molecule has 0 saturated carbocycles. The average molecular weight is 290 g/mol. The molecule has 0 unspecified atom stereocenters. The van der Waals surface area contributed by atoms with Gasteiger partial charge in [0.25, 0.3) is 0 Å². The molecule has 0 aliphatic heterocycles. The predicted octanol–water partition coefficient (Wildman–Crippen LogP) is 4.42.